The van der Waals surface area contributed by atoms with Crippen molar-refractivity contribution in [3.63, 3.8) is 0 Å². The number of Topliss-reactive ketones (excluding diaryl/α,β-unsaturated/α-hetero) is 1. The monoisotopic (exact) mass is 318 g/mol. The van der Waals surface area contributed by atoms with E-state index in [1.807, 2.05) is 24.3 Å². The average Bonchev–Trinajstić information content (AvgIpc) is 2.84. The number of fused-ring (bicyclic) bond motifs is 1. The van der Waals surface area contributed by atoms with E-state index in [0.717, 1.165) is 5.56 Å². The molecule has 114 valence electrons. The standard InChI is InChI=1S/C17H15ClO4/c1-9-15-13(19)7-11(10-3-5-12(18)6-4-10)8-14(15)22-16(9)17(20)21-2/h3-6,11H,7-8H2,1-2H3/t11-/m0/s1. The van der Waals surface area contributed by atoms with Crippen molar-refractivity contribution in [2.75, 3.05) is 7.11 Å². The molecular weight excluding hydrogens is 304 g/mol. The summed E-state index contributed by atoms with van der Waals surface area (Å²) in [5.41, 5.74) is 2.14. The average molecular weight is 319 g/mol. The Kier molecular flexibility index (Phi) is 3.79. The van der Waals surface area contributed by atoms with Crippen molar-refractivity contribution in [3.05, 3.63) is 57.5 Å². The van der Waals surface area contributed by atoms with Gasteiger partial charge in [-0.25, -0.2) is 4.79 Å². The van der Waals surface area contributed by atoms with Crippen LogP contribution in [0.2, 0.25) is 5.02 Å². The van der Waals surface area contributed by atoms with Gasteiger partial charge in [-0.05, 0) is 30.5 Å². The lowest BCUT2D eigenvalue weighted by Gasteiger charge is -2.21. The molecule has 5 heteroatoms. The molecule has 0 aliphatic heterocycles. The zero-order chi connectivity index (χ0) is 15.9. The van der Waals surface area contributed by atoms with Crippen LogP contribution in [0.15, 0.2) is 28.7 Å². The van der Waals surface area contributed by atoms with E-state index < -0.39 is 5.97 Å². The predicted octanol–water partition coefficient (Wildman–Crippen LogP) is 3.94. The molecule has 1 aromatic heterocycles. The van der Waals surface area contributed by atoms with Crippen LogP contribution < -0.4 is 0 Å². The van der Waals surface area contributed by atoms with E-state index in [-0.39, 0.29) is 17.5 Å². The van der Waals surface area contributed by atoms with Gasteiger partial charge in [0.25, 0.3) is 0 Å². The first-order valence-corrected chi connectivity index (χ1v) is 7.38. The summed E-state index contributed by atoms with van der Waals surface area (Å²) in [7, 11) is 1.29. The molecule has 3 rings (SSSR count). The smallest absolute Gasteiger partial charge is 0.374 e. The zero-order valence-corrected chi connectivity index (χ0v) is 13.1. The SMILES string of the molecule is COC(=O)c1oc2c(c1C)C(=O)C[C@H](c1ccc(Cl)cc1)C2. The predicted molar refractivity (Wildman–Crippen MR) is 81.6 cm³/mol. The maximum absolute atomic E-state index is 12.4. The summed E-state index contributed by atoms with van der Waals surface area (Å²) in [5.74, 6) is 0.167. The molecule has 1 heterocycles. The molecule has 0 saturated heterocycles. The number of carbonyl (C=O) groups is 2. The second kappa shape index (κ2) is 5.61. The maximum atomic E-state index is 12.4. The number of hydrogen-bond donors (Lipinski definition) is 0. The van der Waals surface area contributed by atoms with Gasteiger partial charge in [-0.15, -0.1) is 0 Å². The lowest BCUT2D eigenvalue weighted by molar-refractivity contribution is 0.0561. The van der Waals surface area contributed by atoms with Crippen molar-refractivity contribution < 1.29 is 18.7 Å². The van der Waals surface area contributed by atoms with Gasteiger partial charge >= 0.3 is 5.97 Å². The van der Waals surface area contributed by atoms with Gasteiger partial charge < -0.3 is 9.15 Å². The summed E-state index contributed by atoms with van der Waals surface area (Å²) in [6, 6.07) is 7.46. The topological polar surface area (TPSA) is 56.5 Å². The number of hydrogen-bond acceptors (Lipinski definition) is 4. The van der Waals surface area contributed by atoms with Gasteiger partial charge in [0.1, 0.15) is 5.76 Å². The third kappa shape index (κ3) is 2.44. The number of benzene rings is 1. The van der Waals surface area contributed by atoms with Crippen LogP contribution in [0, 0.1) is 6.92 Å². The quantitative estimate of drug-likeness (QED) is 0.787. The van der Waals surface area contributed by atoms with Crippen LogP contribution in [-0.2, 0) is 11.2 Å². The molecule has 22 heavy (non-hydrogen) atoms. The van der Waals surface area contributed by atoms with Gasteiger partial charge in [0, 0.05) is 23.4 Å². The Morgan fingerprint density at radius 2 is 1.95 bits per heavy atom. The summed E-state index contributed by atoms with van der Waals surface area (Å²) in [4.78, 5) is 24.1. The minimum Gasteiger partial charge on any atom is -0.463 e. The molecular formula is C17H15ClO4. The highest BCUT2D eigenvalue weighted by Gasteiger charge is 2.34. The molecule has 0 fully saturated rings. The minimum absolute atomic E-state index is 0.00222. The fourth-order valence-corrected chi connectivity index (χ4v) is 3.09. The Balaban J connectivity index is 1.97. The maximum Gasteiger partial charge on any atom is 0.374 e. The second-order valence-electron chi connectivity index (χ2n) is 5.43. The Labute approximate surface area is 133 Å². The van der Waals surface area contributed by atoms with Gasteiger partial charge in [0.15, 0.2) is 5.78 Å². The van der Waals surface area contributed by atoms with E-state index in [0.29, 0.717) is 34.8 Å². The Morgan fingerprint density at radius 1 is 1.27 bits per heavy atom. The summed E-state index contributed by atoms with van der Waals surface area (Å²) < 4.78 is 10.3. The van der Waals surface area contributed by atoms with Gasteiger partial charge in [-0.1, -0.05) is 23.7 Å². The lowest BCUT2D eigenvalue weighted by Crippen LogP contribution is -2.18. The lowest BCUT2D eigenvalue weighted by atomic mass is 9.82. The molecule has 0 saturated carbocycles. The number of rotatable bonds is 2. The minimum atomic E-state index is -0.553. The summed E-state index contributed by atoms with van der Waals surface area (Å²) in [6.07, 6.45) is 0.982. The van der Waals surface area contributed by atoms with Crippen molar-refractivity contribution in [2.24, 2.45) is 0 Å². The highest BCUT2D eigenvalue weighted by molar-refractivity contribution is 6.30. The summed E-state index contributed by atoms with van der Waals surface area (Å²) in [5, 5.41) is 0.661. The number of methoxy groups -OCH3 is 1. The number of halogens is 1. The molecule has 0 radical (unpaired) electrons. The van der Waals surface area contributed by atoms with Crippen molar-refractivity contribution in [1.29, 1.82) is 0 Å². The summed E-state index contributed by atoms with van der Waals surface area (Å²) >= 11 is 5.90. The molecule has 1 aromatic carbocycles. The van der Waals surface area contributed by atoms with E-state index in [9.17, 15) is 9.59 Å². The van der Waals surface area contributed by atoms with Crippen molar-refractivity contribution in [1.82, 2.24) is 0 Å². The van der Waals surface area contributed by atoms with Crippen molar-refractivity contribution >= 4 is 23.4 Å². The van der Waals surface area contributed by atoms with Gasteiger partial charge in [0.2, 0.25) is 5.76 Å². The normalized spacial score (nSPS) is 17.2. The van der Waals surface area contributed by atoms with Gasteiger partial charge in [-0.2, -0.15) is 0 Å². The van der Waals surface area contributed by atoms with Gasteiger partial charge in [-0.3, -0.25) is 4.79 Å². The number of ether oxygens (including phenoxy) is 1. The van der Waals surface area contributed by atoms with Crippen LogP contribution in [0.4, 0.5) is 0 Å². The molecule has 4 nitrogen and oxygen atoms in total. The van der Waals surface area contributed by atoms with E-state index in [1.165, 1.54) is 7.11 Å². The molecule has 0 unspecified atom stereocenters. The molecule has 0 bridgehead atoms. The molecule has 0 amide bonds. The number of ketones is 1. The number of esters is 1. The molecule has 1 aliphatic rings. The molecule has 2 aromatic rings. The van der Waals surface area contributed by atoms with Crippen molar-refractivity contribution in [2.45, 2.75) is 25.7 Å². The molecule has 1 aliphatic carbocycles. The van der Waals surface area contributed by atoms with E-state index in [1.54, 1.807) is 6.92 Å². The van der Waals surface area contributed by atoms with Crippen LogP contribution in [0.25, 0.3) is 0 Å². The van der Waals surface area contributed by atoms with E-state index in [2.05, 4.69) is 0 Å². The number of carbonyl (C=O) groups excluding carboxylic acids is 2. The van der Waals surface area contributed by atoms with Crippen molar-refractivity contribution in [3.8, 4) is 0 Å². The van der Waals surface area contributed by atoms with Crippen LogP contribution >= 0.6 is 11.6 Å². The third-order valence-corrected chi connectivity index (χ3v) is 4.33. The largest absolute Gasteiger partial charge is 0.463 e. The Hall–Kier alpha value is -2.07. The third-order valence-electron chi connectivity index (χ3n) is 4.07. The van der Waals surface area contributed by atoms with Crippen LogP contribution in [0.3, 0.4) is 0 Å². The van der Waals surface area contributed by atoms with Crippen LogP contribution in [-0.4, -0.2) is 18.9 Å². The zero-order valence-electron chi connectivity index (χ0n) is 12.3. The Bertz CT molecular complexity index is 743. The fraction of sp³-hybridized carbons (Fsp3) is 0.294. The molecule has 0 N–H and O–H groups in total. The first-order chi connectivity index (χ1) is 10.5. The summed E-state index contributed by atoms with van der Waals surface area (Å²) in [6.45, 7) is 1.72. The Morgan fingerprint density at radius 3 is 2.59 bits per heavy atom. The first kappa shape index (κ1) is 14.9. The van der Waals surface area contributed by atoms with Crippen LogP contribution in [0.5, 0.6) is 0 Å². The van der Waals surface area contributed by atoms with E-state index >= 15 is 0 Å². The van der Waals surface area contributed by atoms with Crippen LogP contribution in [0.1, 0.15) is 50.1 Å². The first-order valence-electron chi connectivity index (χ1n) is 7.00. The highest BCUT2D eigenvalue weighted by Crippen LogP contribution is 2.37. The van der Waals surface area contributed by atoms with E-state index in [4.69, 9.17) is 20.8 Å². The second-order valence-corrected chi connectivity index (χ2v) is 5.86. The number of furan rings is 1. The molecule has 1 atom stereocenters. The fourth-order valence-electron chi connectivity index (χ4n) is 2.96. The van der Waals surface area contributed by atoms with Gasteiger partial charge in [0.05, 0.1) is 12.7 Å². The molecule has 0 spiro atoms. The highest BCUT2D eigenvalue weighted by atomic mass is 35.5.